The molecule has 0 aliphatic carbocycles. The van der Waals surface area contributed by atoms with Crippen LogP contribution in [0, 0.1) is 0 Å². The van der Waals surface area contributed by atoms with Crippen molar-refractivity contribution in [2.45, 2.75) is 25.3 Å². The minimum absolute atomic E-state index is 0.248. The lowest BCUT2D eigenvalue weighted by molar-refractivity contribution is -0.142. The zero-order valence-corrected chi connectivity index (χ0v) is 11.5. The second kappa shape index (κ2) is 5.76. The lowest BCUT2D eigenvalue weighted by atomic mass is 10.0. The SMILES string of the molecule is COC(=O)C1CCCCN1c1ncc(Cl)cc1Cl. The molecular weight excluding hydrogens is 275 g/mol. The van der Waals surface area contributed by atoms with Crippen LogP contribution in [-0.2, 0) is 9.53 Å². The number of piperidine rings is 1. The quantitative estimate of drug-likeness (QED) is 0.785. The highest BCUT2D eigenvalue weighted by atomic mass is 35.5. The van der Waals surface area contributed by atoms with Crippen LogP contribution in [0.15, 0.2) is 12.3 Å². The summed E-state index contributed by atoms with van der Waals surface area (Å²) in [4.78, 5) is 17.9. The van der Waals surface area contributed by atoms with Gasteiger partial charge in [-0.05, 0) is 25.3 Å². The zero-order chi connectivity index (χ0) is 13.1. The molecule has 0 spiro atoms. The molecule has 0 saturated carbocycles. The summed E-state index contributed by atoms with van der Waals surface area (Å²) in [7, 11) is 1.39. The molecule has 0 aromatic carbocycles. The number of nitrogens with zero attached hydrogens (tertiary/aromatic N) is 2. The number of ether oxygens (including phenoxy) is 1. The van der Waals surface area contributed by atoms with Crippen LogP contribution in [0.25, 0.3) is 0 Å². The molecule has 1 aliphatic heterocycles. The first-order chi connectivity index (χ1) is 8.63. The van der Waals surface area contributed by atoms with Gasteiger partial charge in [-0.25, -0.2) is 9.78 Å². The van der Waals surface area contributed by atoms with Gasteiger partial charge in [0.25, 0.3) is 0 Å². The van der Waals surface area contributed by atoms with Crippen molar-refractivity contribution in [1.29, 1.82) is 0 Å². The third-order valence-electron chi connectivity index (χ3n) is 3.04. The summed E-state index contributed by atoms with van der Waals surface area (Å²) in [6.45, 7) is 0.744. The number of carbonyl (C=O) groups excluding carboxylic acids is 1. The molecule has 0 radical (unpaired) electrons. The molecule has 18 heavy (non-hydrogen) atoms. The molecule has 2 rings (SSSR count). The Kier molecular flexibility index (Phi) is 4.30. The number of aromatic nitrogens is 1. The summed E-state index contributed by atoms with van der Waals surface area (Å²) in [5.41, 5.74) is 0. The summed E-state index contributed by atoms with van der Waals surface area (Å²) in [6.07, 6.45) is 4.30. The van der Waals surface area contributed by atoms with Crippen molar-refractivity contribution in [2.24, 2.45) is 0 Å². The fraction of sp³-hybridized carbons (Fsp3) is 0.500. The Morgan fingerprint density at radius 3 is 2.94 bits per heavy atom. The number of esters is 1. The molecule has 0 N–H and O–H groups in total. The van der Waals surface area contributed by atoms with Crippen molar-refractivity contribution in [1.82, 2.24) is 4.98 Å². The number of halogens is 2. The van der Waals surface area contributed by atoms with Crippen LogP contribution in [0.1, 0.15) is 19.3 Å². The number of hydrogen-bond acceptors (Lipinski definition) is 4. The lowest BCUT2D eigenvalue weighted by Crippen LogP contribution is -2.45. The lowest BCUT2D eigenvalue weighted by Gasteiger charge is -2.35. The second-order valence-corrected chi connectivity index (χ2v) is 5.03. The number of pyridine rings is 1. The molecule has 0 bridgehead atoms. The third-order valence-corrected chi connectivity index (χ3v) is 3.52. The number of hydrogen-bond donors (Lipinski definition) is 0. The van der Waals surface area contributed by atoms with E-state index >= 15 is 0 Å². The van der Waals surface area contributed by atoms with Gasteiger partial charge in [0.2, 0.25) is 0 Å². The van der Waals surface area contributed by atoms with Crippen molar-refractivity contribution in [3.05, 3.63) is 22.3 Å². The van der Waals surface area contributed by atoms with Gasteiger partial charge >= 0.3 is 5.97 Å². The maximum absolute atomic E-state index is 11.8. The highest BCUT2D eigenvalue weighted by molar-refractivity contribution is 6.36. The van der Waals surface area contributed by atoms with Crippen molar-refractivity contribution < 1.29 is 9.53 Å². The predicted octanol–water partition coefficient (Wildman–Crippen LogP) is 2.92. The third kappa shape index (κ3) is 2.70. The molecule has 2 heterocycles. The fourth-order valence-corrected chi connectivity index (χ4v) is 2.67. The summed E-state index contributed by atoms with van der Waals surface area (Å²) >= 11 is 12.0. The average molecular weight is 289 g/mol. The highest BCUT2D eigenvalue weighted by Crippen LogP contribution is 2.31. The van der Waals surface area contributed by atoms with Gasteiger partial charge in [0.1, 0.15) is 11.9 Å². The Bertz CT molecular complexity index is 454. The molecule has 0 amide bonds. The first kappa shape index (κ1) is 13.4. The average Bonchev–Trinajstić information content (AvgIpc) is 2.38. The summed E-state index contributed by atoms with van der Waals surface area (Å²) in [5, 5.41) is 0.939. The van der Waals surface area contributed by atoms with E-state index < -0.39 is 0 Å². The van der Waals surface area contributed by atoms with Gasteiger partial charge in [-0.15, -0.1) is 0 Å². The summed E-state index contributed by atoms with van der Waals surface area (Å²) in [6, 6.07) is 1.32. The molecule has 1 unspecified atom stereocenters. The van der Waals surface area contributed by atoms with Gasteiger partial charge in [-0.1, -0.05) is 23.2 Å². The number of methoxy groups -OCH3 is 1. The predicted molar refractivity (Wildman–Crippen MR) is 71.3 cm³/mol. The summed E-state index contributed by atoms with van der Waals surface area (Å²) in [5.74, 6) is 0.346. The van der Waals surface area contributed by atoms with E-state index in [-0.39, 0.29) is 12.0 Å². The Morgan fingerprint density at radius 2 is 2.28 bits per heavy atom. The van der Waals surface area contributed by atoms with Gasteiger partial charge in [-0.2, -0.15) is 0 Å². The fourth-order valence-electron chi connectivity index (χ4n) is 2.18. The monoisotopic (exact) mass is 288 g/mol. The van der Waals surface area contributed by atoms with Crippen LogP contribution in [0.4, 0.5) is 5.82 Å². The largest absolute Gasteiger partial charge is 0.467 e. The van der Waals surface area contributed by atoms with E-state index in [0.29, 0.717) is 15.9 Å². The van der Waals surface area contributed by atoms with Crippen LogP contribution in [-0.4, -0.2) is 30.6 Å². The van der Waals surface area contributed by atoms with E-state index in [4.69, 9.17) is 27.9 Å². The first-order valence-electron chi connectivity index (χ1n) is 5.79. The minimum atomic E-state index is -0.310. The maximum Gasteiger partial charge on any atom is 0.328 e. The van der Waals surface area contributed by atoms with Gasteiger partial charge < -0.3 is 9.64 Å². The molecular formula is C12H14Cl2N2O2. The van der Waals surface area contributed by atoms with Crippen LogP contribution < -0.4 is 4.90 Å². The second-order valence-electron chi connectivity index (χ2n) is 4.19. The van der Waals surface area contributed by atoms with E-state index in [0.717, 1.165) is 25.8 Å². The van der Waals surface area contributed by atoms with Crippen LogP contribution in [0.5, 0.6) is 0 Å². The highest BCUT2D eigenvalue weighted by Gasteiger charge is 2.31. The van der Waals surface area contributed by atoms with Crippen LogP contribution in [0.2, 0.25) is 10.0 Å². The number of anilines is 1. The number of carbonyl (C=O) groups is 1. The van der Waals surface area contributed by atoms with E-state index in [1.54, 1.807) is 6.07 Å². The first-order valence-corrected chi connectivity index (χ1v) is 6.54. The van der Waals surface area contributed by atoms with Gasteiger partial charge in [0.05, 0.1) is 17.2 Å². The normalized spacial score (nSPS) is 19.7. The zero-order valence-electron chi connectivity index (χ0n) is 10.0. The molecule has 1 aromatic rings. The number of rotatable bonds is 2. The minimum Gasteiger partial charge on any atom is -0.467 e. The van der Waals surface area contributed by atoms with Crippen molar-refractivity contribution in [3.8, 4) is 0 Å². The van der Waals surface area contributed by atoms with Crippen LogP contribution in [0.3, 0.4) is 0 Å². The molecule has 6 heteroatoms. The van der Waals surface area contributed by atoms with E-state index in [2.05, 4.69) is 4.98 Å². The topological polar surface area (TPSA) is 42.4 Å². The smallest absolute Gasteiger partial charge is 0.328 e. The van der Waals surface area contributed by atoms with E-state index in [1.807, 2.05) is 4.90 Å². The molecule has 1 atom stereocenters. The van der Waals surface area contributed by atoms with Crippen molar-refractivity contribution in [3.63, 3.8) is 0 Å². The molecule has 1 saturated heterocycles. The van der Waals surface area contributed by atoms with Gasteiger partial charge in [0, 0.05) is 12.7 Å². The van der Waals surface area contributed by atoms with E-state index in [9.17, 15) is 4.79 Å². The van der Waals surface area contributed by atoms with Gasteiger partial charge in [0.15, 0.2) is 0 Å². The van der Waals surface area contributed by atoms with Crippen molar-refractivity contribution in [2.75, 3.05) is 18.6 Å². The van der Waals surface area contributed by atoms with Gasteiger partial charge in [-0.3, -0.25) is 0 Å². The Balaban J connectivity index is 2.30. The molecule has 1 aliphatic rings. The standard InChI is InChI=1S/C12H14Cl2N2O2/c1-18-12(17)10-4-2-3-5-16(10)11-9(14)6-8(13)7-15-11/h6-7,10H,2-5H2,1H3. The molecule has 98 valence electrons. The molecule has 4 nitrogen and oxygen atoms in total. The van der Waals surface area contributed by atoms with E-state index in [1.165, 1.54) is 13.3 Å². The Hall–Kier alpha value is -1.000. The van der Waals surface area contributed by atoms with Crippen molar-refractivity contribution >= 4 is 35.0 Å². The van der Waals surface area contributed by atoms with Crippen LogP contribution >= 0.6 is 23.2 Å². The maximum atomic E-state index is 11.8. The molecule has 1 fully saturated rings. The summed E-state index contributed by atoms with van der Waals surface area (Å²) < 4.78 is 4.83. The Morgan fingerprint density at radius 1 is 1.50 bits per heavy atom. The molecule has 1 aromatic heterocycles. The Labute approximate surface area is 116 Å².